The van der Waals surface area contributed by atoms with Crippen LogP contribution in [0.3, 0.4) is 0 Å². The van der Waals surface area contributed by atoms with Crippen LogP contribution in [0.1, 0.15) is 46.5 Å². The third kappa shape index (κ3) is 3.21. The SMILES string of the molecule is CC(C)(C)C1CCC(C(=O)NC2COC2)CC1. The second kappa shape index (κ2) is 4.97. The lowest BCUT2D eigenvalue weighted by Gasteiger charge is -2.37. The zero-order valence-corrected chi connectivity index (χ0v) is 11.3. The summed E-state index contributed by atoms with van der Waals surface area (Å²) in [6.07, 6.45) is 4.51. The molecule has 1 saturated heterocycles. The van der Waals surface area contributed by atoms with Crippen LogP contribution in [0, 0.1) is 17.3 Å². The van der Waals surface area contributed by atoms with Crippen LogP contribution in [-0.2, 0) is 9.53 Å². The molecular formula is C14H25NO2. The van der Waals surface area contributed by atoms with Crippen molar-refractivity contribution in [2.45, 2.75) is 52.5 Å². The number of nitrogens with one attached hydrogen (secondary N) is 1. The van der Waals surface area contributed by atoms with Gasteiger partial charge in [-0.25, -0.2) is 0 Å². The van der Waals surface area contributed by atoms with E-state index in [0.29, 0.717) is 18.6 Å². The normalized spacial score (nSPS) is 30.8. The van der Waals surface area contributed by atoms with Gasteiger partial charge in [0.2, 0.25) is 5.91 Å². The van der Waals surface area contributed by atoms with Crippen LogP contribution >= 0.6 is 0 Å². The van der Waals surface area contributed by atoms with E-state index < -0.39 is 0 Å². The van der Waals surface area contributed by atoms with Gasteiger partial charge in [-0.2, -0.15) is 0 Å². The average Bonchev–Trinajstić information content (AvgIpc) is 2.22. The first-order valence-corrected chi connectivity index (χ1v) is 6.85. The van der Waals surface area contributed by atoms with Crippen LogP contribution in [-0.4, -0.2) is 25.2 Å². The summed E-state index contributed by atoms with van der Waals surface area (Å²) in [6.45, 7) is 8.32. The van der Waals surface area contributed by atoms with E-state index in [-0.39, 0.29) is 17.9 Å². The number of carbonyl (C=O) groups excluding carboxylic acids is 1. The van der Waals surface area contributed by atoms with Crippen molar-refractivity contribution in [3.8, 4) is 0 Å². The molecule has 2 fully saturated rings. The number of amides is 1. The van der Waals surface area contributed by atoms with Crippen molar-refractivity contribution in [3.05, 3.63) is 0 Å². The van der Waals surface area contributed by atoms with E-state index in [1.165, 1.54) is 12.8 Å². The van der Waals surface area contributed by atoms with Gasteiger partial charge in [-0.05, 0) is 37.0 Å². The Hall–Kier alpha value is -0.570. The predicted octanol–water partition coefficient (Wildman–Crippen LogP) is 2.35. The maximum atomic E-state index is 12.0. The lowest BCUT2D eigenvalue weighted by Crippen LogP contribution is -2.50. The maximum Gasteiger partial charge on any atom is 0.223 e. The van der Waals surface area contributed by atoms with Crippen LogP contribution in [0.5, 0.6) is 0 Å². The van der Waals surface area contributed by atoms with Crippen LogP contribution in [0.25, 0.3) is 0 Å². The summed E-state index contributed by atoms with van der Waals surface area (Å²) < 4.78 is 5.07. The first-order chi connectivity index (χ1) is 7.97. The molecule has 1 heterocycles. The van der Waals surface area contributed by atoms with Crippen LogP contribution in [0.2, 0.25) is 0 Å². The van der Waals surface area contributed by atoms with E-state index in [4.69, 9.17) is 4.74 Å². The van der Waals surface area contributed by atoms with Crippen molar-refractivity contribution in [1.82, 2.24) is 5.32 Å². The smallest absolute Gasteiger partial charge is 0.223 e. The number of rotatable bonds is 2. The van der Waals surface area contributed by atoms with Gasteiger partial charge < -0.3 is 10.1 Å². The van der Waals surface area contributed by atoms with Gasteiger partial charge in [-0.15, -0.1) is 0 Å². The fraction of sp³-hybridized carbons (Fsp3) is 0.929. The molecule has 2 aliphatic rings. The maximum absolute atomic E-state index is 12.0. The van der Waals surface area contributed by atoms with Crippen LogP contribution < -0.4 is 5.32 Å². The van der Waals surface area contributed by atoms with Gasteiger partial charge in [-0.1, -0.05) is 20.8 Å². The average molecular weight is 239 g/mol. The Kier molecular flexibility index (Phi) is 3.76. The van der Waals surface area contributed by atoms with Gasteiger partial charge >= 0.3 is 0 Å². The molecule has 0 spiro atoms. The molecule has 0 aromatic rings. The minimum absolute atomic E-state index is 0.245. The number of carbonyl (C=O) groups is 1. The van der Waals surface area contributed by atoms with Crippen LogP contribution in [0.15, 0.2) is 0 Å². The summed E-state index contributed by atoms with van der Waals surface area (Å²) in [7, 11) is 0. The highest BCUT2D eigenvalue weighted by Gasteiger charge is 2.33. The highest BCUT2D eigenvalue weighted by molar-refractivity contribution is 5.79. The molecule has 0 aromatic carbocycles. The highest BCUT2D eigenvalue weighted by atomic mass is 16.5. The fourth-order valence-corrected chi connectivity index (χ4v) is 2.86. The lowest BCUT2D eigenvalue weighted by atomic mass is 9.69. The molecule has 1 amide bonds. The molecule has 3 heteroatoms. The molecule has 0 atom stereocenters. The third-order valence-electron chi connectivity index (χ3n) is 4.31. The van der Waals surface area contributed by atoms with Crippen molar-refractivity contribution < 1.29 is 9.53 Å². The second-order valence-electron chi connectivity index (χ2n) is 6.66. The zero-order chi connectivity index (χ0) is 12.5. The summed E-state index contributed by atoms with van der Waals surface area (Å²) in [6, 6.07) is 0.280. The Bertz CT molecular complexity index is 270. The first-order valence-electron chi connectivity index (χ1n) is 6.85. The molecule has 1 saturated carbocycles. The van der Waals surface area contributed by atoms with Gasteiger partial charge in [0, 0.05) is 5.92 Å². The predicted molar refractivity (Wildman–Crippen MR) is 67.7 cm³/mol. The molecule has 0 bridgehead atoms. The molecule has 1 aliphatic heterocycles. The molecule has 0 radical (unpaired) electrons. The van der Waals surface area contributed by atoms with Crippen molar-refractivity contribution in [2.75, 3.05) is 13.2 Å². The summed E-state index contributed by atoms with van der Waals surface area (Å²) in [5, 5.41) is 3.08. The van der Waals surface area contributed by atoms with E-state index in [1.54, 1.807) is 0 Å². The Morgan fingerprint density at radius 2 is 1.71 bits per heavy atom. The van der Waals surface area contributed by atoms with Crippen molar-refractivity contribution in [1.29, 1.82) is 0 Å². The van der Waals surface area contributed by atoms with E-state index in [9.17, 15) is 4.79 Å². The minimum Gasteiger partial charge on any atom is -0.377 e. The molecule has 0 aromatic heterocycles. The molecule has 1 N–H and O–H groups in total. The van der Waals surface area contributed by atoms with E-state index in [2.05, 4.69) is 26.1 Å². The van der Waals surface area contributed by atoms with Gasteiger partial charge in [0.1, 0.15) is 0 Å². The Morgan fingerprint density at radius 3 is 2.12 bits per heavy atom. The number of hydrogen-bond acceptors (Lipinski definition) is 2. The monoisotopic (exact) mass is 239 g/mol. The molecule has 0 unspecified atom stereocenters. The largest absolute Gasteiger partial charge is 0.377 e. The molecule has 98 valence electrons. The van der Waals surface area contributed by atoms with Gasteiger partial charge in [-0.3, -0.25) is 4.79 Å². The second-order valence-corrected chi connectivity index (χ2v) is 6.66. The minimum atomic E-state index is 0.245. The molecule has 1 aliphatic carbocycles. The Balaban J connectivity index is 1.76. The molecule has 3 nitrogen and oxygen atoms in total. The fourth-order valence-electron chi connectivity index (χ4n) is 2.86. The van der Waals surface area contributed by atoms with Crippen molar-refractivity contribution in [3.63, 3.8) is 0 Å². The van der Waals surface area contributed by atoms with E-state index >= 15 is 0 Å². The zero-order valence-electron chi connectivity index (χ0n) is 11.3. The van der Waals surface area contributed by atoms with Gasteiger partial charge in [0.05, 0.1) is 19.3 Å². The molecule has 17 heavy (non-hydrogen) atoms. The molecular weight excluding hydrogens is 214 g/mol. The quantitative estimate of drug-likeness (QED) is 0.803. The van der Waals surface area contributed by atoms with Gasteiger partial charge in [0.25, 0.3) is 0 Å². The summed E-state index contributed by atoms with van der Waals surface area (Å²) in [5.74, 6) is 1.28. The summed E-state index contributed by atoms with van der Waals surface area (Å²) >= 11 is 0. The Morgan fingerprint density at radius 1 is 1.12 bits per heavy atom. The molecule has 2 rings (SSSR count). The third-order valence-corrected chi connectivity index (χ3v) is 4.31. The standard InChI is InChI=1S/C14H25NO2/c1-14(2,3)11-6-4-10(5-7-11)13(16)15-12-8-17-9-12/h10-12H,4-9H2,1-3H3,(H,15,16). The highest BCUT2D eigenvalue weighted by Crippen LogP contribution is 2.39. The Labute approximate surface area is 104 Å². The van der Waals surface area contributed by atoms with Crippen molar-refractivity contribution >= 4 is 5.91 Å². The summed E-state index contributed by atoms with van der Waals surface area (Å²) in [4.78, 5) is 12.0. The van der Waals surface area contributed by atoms with E-state index in [1.807, 2.05) is 0 Å². The van der Waals surface area contributed by atoms with Crippen molar-refractivity contribution in [2.24, 2.45) is 17.3 Å². The van der Waals surface area contributed by atoms with E-state index in [0.717, 1.165) is 18.8 Å². The number of ether oxygens (including phenoxy) is 1. The topological polar surface area (TPSA) is 38.3 Å². The van der Waals surface area contributed by atoms with Crippen LogP contribution in [0.4, 0.5) is 0 Å². The van der Waals surface area contributed by atoms with Gasteiger partial charge in [0.15, 0.2) is 0 Å². The lowest BCUT2D eigenvalue weighted by molar-refractivity contribution is -0.130. The summed E-state index contributed by atoms with van der Waals surface area (Å²) in [5.41, 5.74) is 0.392. The first kappa shape index (κ1) is 12.9. The number of hydrogen-bond donors (Lipinski definition) is 1.